The summed E-state index contributed by atoms with van der Waals surface area (Å²) >= 11 is 0. The number of amides is 2. The minimum Gasteiger partial charge on any atom is -0.382 e. The fourth-order valence-corrected chi connectivity index (χ4v) is 4.85. The molecule has 4 rings (SSSR count). The lowest BCUT2D eigenvalue weighted by Crippen LogP contribution is -2.48. The average molecular weight is 506 g/mol. The number of urea groups is 1. The summed E-state index contributed by atoms with van der Waals surface area (Å²) in [7, 11) is 0. The first-order valence-corrected chi connectivity index (χ1v) is 12.2. The third kappa shape index (κ3) is 6.38. The van der Waals surface area contributed by atoms with Gasteiger partial charge in [0.1, 0.15) is 5.56 Å². The zero-order valence-electron chi connectivity index (χ0n) is 19.8. The number of halogens is 3. The summed E-state index contributed by atoms with van der Waals surface area (Å²) in [5.74, 6) is 0.429. The Balaban J connectivity index is 1.21. The lowest BCUT2D eigenvalue weighted by molar-refractivity contribution is -0.388. The molecular weight excluding hydrogens is 475 g/mol. The van der Waals surface area contributed by atoms with Gasteiger partial charge in [-0.25, -0.2) is 4.79 Å². The van der Waals surface area contributed by atoms with Crippen molar-refractivity contribution in [2.75, 3.05) is 42.9 Å². The van der Waals surface area contributed by atoms with Gasteiger partial charge in [0.15, 0.2) is 0 Å². The van der Waals surface area contributed by atoms with Crippen molar-refractivity contribution >= 4 is 23.1 Å². The molecule has 2 fully saturated rings. The Labute approximate surface area is 207 Å². The van der Waals surface area contributed by atoms with Crippen LogP contribution in [-0.4, -0.2) is 54.6 Å². The molecular formula is C25H30F3N5O3. The van der Waals surface area contributed by atoms with Crippen molar-refractivity contribution in [2.45, 2.75) is 37.9 Å². The molecule has 2 aliphatic heterocycles. The van der Waals surface area contributed by atoms with E-state index in [0.29, 0.717) is 38.4 Å². The molecule has 2 aliphatic rings. The Morgan fingerprint density at radius 2 is 1.67 bits per heavy atom. The number of piperidine rings is 2. The van der Waals surface area contributed by atoms with Crippen molar-refractivity contribution in [1.82, 2.24) is 10.2 Å². The molecule has 0 atom stereocenters. The molecule has 2 aromatic rings. The first-order chi connectivity index (χ1) is 17.2. The summed E-state index contributed by atoms with van der Waals surface area (Å²) in [5, 5.41) is 17.0. The maximum atomic E-state index is 13.2. The normalized spacial score (nSPS) is 17.6. The van der Waals surface area contributed by atoms with Crippen LogP contribution in [0.5, 0.6) is 0 Å². The van der Waals surface area contributed by atoms with Gasteiger partial charge in [-0.15, -0.1) is 0 Å². The maximum Gasteiger partial charge on any atom is 0.423 e. The summed E-state index contributed by atoms with van der Waals surface area (Å²) in [6.07, 6.45) is -1.66. The lowest BCUT2D eigenvalue weighted by atomic mass is 9.96. The standard InChI is InChI=1S/C25H30F3N5O3/c26-25(27,28)22-16-20(6-7-23(22)33(35)36)30-19-10-14-32(15-11-19)24(34)29-17-18-8-12-31(13-9-18)21-4-2-1-3-5-21/h1-7,16,18-19,30H,8-15,17H2,(H,29,34). The van der Waals surface area contributed by atoms with Crippen LogP contribution in [0.25, 0.3) is 0 Å². The van der Waals surface area contributed by atoms with E-state index in [0.717, 1.165) is 38.1 Å². The van der Waals surface area contributed by atoms with Crippen LogP contribution in [-0.2, 0) is 6.18 Å². The summed E-state index contributed by atoms with van der Waals surface area (Å²) in [5.41, 5.74) is -0.841. The van der Waals surface area contributed by atoms with Crippen molar-refractivity contribution in [3.8, 4) is 0 Å². The third-order valence-corrected chi connectivity index (χ3v) is 6.93. The van der Waals surface area contributed by atoms with Crippen LogP contribution >= 0.6 is 0 Å². The lowest BCUT2D eigenvalue weighted by Gasteiger charge is -2.35. The van der Waals surface area contributed by atoms with Gasteiger partial charge in [-0.3, -0.25) is 10.1 Å². The fraction of sp³-hybridized carbons (Fsp3) is 0.480. The highest BCUT2D eigenvalue weighted by Crippen LogP contribution is 2.38. The molecule has 0 aliphatic carbocycles. The average Bonchev–Trinajstić information content (AvgIpc) is 2.88. The van der Waals surface area contributed by atoms with Crippen molar-refractivity contribution in [3.63, 3.8) is 0 Å². The predicted octanol–water partition coefficient (Wildman–Crippen LogP) is 5.12. The maximum absolute atomic E-state index is 13.2. The smallest absolute Gasteiger partial charge is 0.382 e. The number of nitrogens with zero attached hydrogens (tertiary/aromatic N) is 3. The number of hydrogen-bond donors (Lipinski definition) is 2. The number of nitro groups is 1. The van der Waals surface area contributed by atoms with Crippen LogP contribution in [0.15, 0.2) is 48.5 Å². The van der Waals surface area contributed by atoms with Gasteiger partial charge in [0, 0.05) is 56.2 Å². The van der Waals surface area contributed by atoms with Gasteiger partial charge in [-0.05, 0) is 55.9 Å². The zero-order chi connectivity index (χ0) is 25.7. The number of nitrogens with one attached hydrogen (secondary N) is 2. The molecule has 0 aromatic heterocycles. The van der Waals surface area contributed by atoms with Crippen molar-refractivity contribution in [3.05, 3.63) is 64.2 Å². The Morgan fingerprint density at radius 1 is 1.00 bits per heavy atom. The molecule has 2 N–H and O–H groups in total. The number of carbonyl (C=O) groups is 1. The number of likely N-dealkylation sites (tertiary alicyclic amines) is 1. The first-order valence-electron chi connectivity index (χ1n) is 12.2. The molecule has 11 heteroatoms. The van der Waals surface area contributed by atoms with Gasteiger partial charge in [0.2, 0.25) is 0 Å². The quantitative estimate of drug-likeness (QED) is 0.420. The van der Waals surface area contributed by atoms with E-state index in [1.807, 2.05) is 18.2 Å². The zero-order valence-corrected chi connectivity index (χ0v) is 19.8. The molecule has 2 heterocycles. The number of nitro benzene ring substituents is 1. The van der Waals surface area contributed by atoms with E-state index in [1.54, 1.807) is 4.90 Å². The third-order valence-electron chi connectivity index (χ3n) is 6.93. The van der Waals surface area contributed by atoms with Crippen molar-refractivity contribution < 1.29 is 22.9 Å². The van der Waals surface area contributed by atoms with E-state index in [1.165, 1.54) is 11.8 Å². The van der Waals surface area contributed by atoms with E-state index in [2.05, 4.69) is 27.7 Å². The highest BCUT2D eigenvalue weighted by Gasteiger charge is 2.38. The van der Waals surface area contributed by atoms with Gasteiger partial charge in [-0.1, -0.05) is 18.2 Å². The summed E-state index contributed by atoms with van der Waals surface area (Å²) in [6, 6.07) is 13.0. The van der Waals surface area contributed by atoms with E-state index >= 15 is 0 Å². The fourth-order valence-electron chi connectivity index (χ4n) is 4.85. The largest absolute Gasteiger partial charge is 0.423 e. The monoisotopic (exact) mass is 505 g/mol. The Bertz CT molecular complexity index is 1050. The molecule has 36 heavy (non-hydrogen) atoms. The Morgan fingerprint density at radius 3 is 2.28 bits per heavy atom. The number of para-hydroxylation sites is 1. The van der Waals surface area contributed by atoms with Gasteiger partial charge < -0.3 is 20.4 Å². The van der Waals surface area contributed by atoms with E-state index in [-0.39, 0.29) is 17.8 Å². The van der Waals surface area contributed by atoms with Crippen LogP contribution < -0.4 is 15.5 Å². The van der Waals surface area contributed by atoms with Crippen molar-refractivity contribution in [1.29, 1.82) is 0 Å². The molecule has 0 bridgehead atoms. The highest BCUT2D eigenvalue weighted by atomic mass is 19.4. The molecule has 194 valence electrons. The molecule has 2 aromatic carbocycles. The van der Waals surface area contributed by atoms with Gasteiger partial charge in [0.05, 0.1) is 4.92 Å². The predicted molar refractivity (Wildman–Crippen MR) is 131 cm³/mol. The number of anilines is 2. The van der Waals surface area contributed by atoms with Crippen LogP contribution in [0, 0.1) is 16.0 Å². The van der Waals surface area contributed by atoms with Gasteiger partial charge >= 0.3 is 12.2 Å². The van der Waals surface area contributed by atoms with Crippen molar-refractivity contribution in [2.24, 2.45) is 5.92 Å². The van der Waals surface area contributed by atoms with Gasteiger partial charge in [-0.2, -0.15) is 13.2 Å². The van der Waals surface area contributed by atoms with E-state index < -0.39 is 22.4 Å². The SMILES string of the molecule is O=C(NCC1CCN(c2ccccc2)CC1)N1CCC(Nc2ccc([N+](=O)[O-])c(C(F)(F)F)c2)CC1. The number of rotatable bonds is 6. The highest BCUT2D eigenvalue weighted by molar-refractivity contribution is 5.74. The summed E-state index contributed by atoms with van der Waals surface area (Å²) in [6.45, 7) is 3.51. The van der Waals surface area contributed by atoms with E-state index in [4.69, 9.17) is 0 Å². The molecule has 2 amide bonds. The second kappa shape index (κ2) is 11.0. The second-order valence-corrected chi connectivity index (χ2v) is 9.34. The summed E-state index contributed by atoms with van der Waals surface area (Å²) < 4.78 is 39.7. The van der Waals surface area contributed by atoms with Gasteiger partial charge in [0.25, 0.3) is 5.69 Å². The second-order valence-electron chi connectivity index (χ2n) is 9.34. The molecule has 8 nitrogen and oxygen atoms in total. The first kappa shape index (κ1) is 25.6. The van der Waals surface area contributed by atoms with Crippen LogP contribution in [0.4, 0.5) is 35.0 Å². The number of alkyl halides is 3. The summed E-state index contributed by atoms with van der Waals surface area (Å²) in [4.78, 5) is 26.6. The number of hydrogen-bond acceptors (Lipinski definition) is 5. The molecule has 0 radical (unpaired) electrons. The van der Waals surface area contributed by atoms with Crippen LogP contribution in [0.2, 0.25) is 0 Å². The van der Waals surface area contributed by atoms with Crippen LogP contribution in [0.3, 0.4) is 0 Å². The Hall–Kier alpha value is -3.50. The number of benzene rings is 2. The Kier molecular flexibility index (Phi) is 7.85. The minimum atomic E-state index is -4.82. The minimum absolute atomic E-state index is 0.117. The number of carbonyl (C=O) groups excluding carboxylic acids is 1. The molecule has 0 unspecified atom stereocenters. The molecule has 0 saturated carbocycles. The topological polar surface area (TPSA) is 90.8 Å². The molecule has 0 spiro atoms. The van der Waals surface area contributed by atoms with Crippen LogP contribution in [0.1, 0.15) is 31.2 Å². The molecule has 2 saturated heterocycles. The van der Waals surface area contributed by atoms with E-state index in [9.17, 15) is 28.1 Å².